The smallest absolute Gasteiger partial charge is 0.291 e. The first kappa shape index (κ1) is 19.0. The third kappa shape index (κ3) is 2.50. The van der Waals surface area contributed by atoms with Crippen LogP contribution in [0.1, 0.15) is 25.0 Å². The molecule has 4 atom stereocenters. The summed E-state index contributed by atoms with van der Waals surface area (Å²) in [6.07, 6.45) is 0.615. The molecule has 5 rings (SSSR count). The number of nitrogens with zero attached hydrogens (tertiary/aromatic N) is 1. The summed E-state index contributed by atoms with van der Waals surface area (Å²) in [5.74, 6) is -1.53. The average Bonchev–Trinajstić information content (AvgIpc) is 3.33. The molecule has 6 heteroatoms. The normalized spacial score (nSPS) is 29.6. The van der Waals surface area contributed by atoms with E-state index in [0.717, 1.165) is 16.8 Å². The molecule has 1 spiro atoms. The van der Waals surface area contributed by atoms with Crippen molar-refractivity contribution in [2.75, 3.05) is 11.9 Å². The summed E-state index contributed by atoms with van der Waals surface area (Å²) in [4.78, 5) is 41.7. The minimum Gasteiger partial charge on any atom is -0.326 e. The molecule has 0 bridgehead atoms. The largest absolute Gasteiger partial charge is 0.326 e. The fourth-order valence-electron chi connectivity index (χ4n) is 5.62. The number of amides is 3. The standard InChI is InChI=1S/C24H25N3O3/c1-14(2)20-18-19(24(26-20)16-10-6-7-11-17(16)25-23(24)30)22(29)27(21(18)28)13-12-15-8-4-3-5-9-15/h3-11,14,18-20,26H,12-13H2,1-2H3,(H,25,30)/p+1/t18-,19-,20+,24+/m0/s1. The van der Waals surface area contributed by atoms with Crippen LogP contribution in [0.15, 0.2) is 54.6 Å². The van der Waals surface area contributed by atoms with Gasteiger partial charge >= 0.3 is 0 Å². The Hall–Kier alpha value is -2.99. The lowest BCUT2D eigenvalue weighted by Gasteiger charge is -2.27. The van der Waals surface area contributed by atoms with E-state index in [-0.39, 0.29) is 29.7 Å². The molecule has 0 aliphatic carbocycles. The highest BCUT2D eigenvalue weighted by molar-refractivity contribution is 6.13. The summed E-state index contributed by atoms with van der Waals surface area (Å²) >= 11 is 0. The Morgan fingerprint density at radius 2 is 1.70 bits per heavy atom. The molecule has 3 aliphatic heterocycles. The van der Waals surface area contributed by atoms with Gasteiger partial charge in [-0.25, -0.2) is 0 Å². The summed E-state index contributed by atoms with van der Waals surface area (Å²) in [5, 5.41) is 4.96. The van der Waals surface area contributed by atoms with Crippen LogP contribution in [0.5, 0.6) is 0 Å². The first-order valence-corrected chi connectivity index (χ1v) is 10.6. The van der Waals surface area contributed by atoms with Crippen LogP contribution < -0.4 is 10.6 Å². The van der Waals surface area contributed by atoms with Crippen molar-refractivity contribution in [2.45, 2.75) is 31.8 Å². The van der Waals surface area contributed by atoms with Crippen molar-refractivity contribution < 1.29 is 19.7 Å². The van der Waals surface area contributed by atoms with E-state index < -0.39 is 17.4 Å². The third-order valence-electron chi connectivity index (χ3n) is 7.04. The van der Waals surface area contributed by atoms with Gasteiger partial charge in [-0.1, -0.05) is 62.4 Å². The van der Waals surface area contributed by atoms with Gasteiger partial charge in [0.15, 0.2) is 0 Å². The molecule has 3 amide bonds. The summed E-state index contributed by atoms with van der Waals surface area (Å²) < 4.78 is 0. The maximum atomic E-state index is 13.6. The van der Waals surface area contributed by atoms with Gasteiger partial charge in [0, 0.05) is 18.0 Å². The zero-order valence-electron chi connectivity index (χ0n) is 17.2. The van der Waals surface area contributed by atoms with Gasteiger partial charge in [0.1, 0.15) is 17.9 Å². The molecule has 3 heterocycles. The Morgan fingerprint density at radius 3 is 2.43 bits per heavy atom. The van der Waals surface area contributed by atoms with E-state index in [1.165, 1.54) is 4.90 Å². The molecule has 30 heavy (non-hydrogen) atoms. The SMILES string of the molecule is CC(C)[C@H]1[NH2+][C@@]2(C(=O)Nc3ccccc32)[C@@H]2C(=O)N(CCc3ccccc3)C(=O)[C@H]12. The maximum Gasteiger partial charge on any atom is 0.291 e. The van der Waals surface area contributed by atoms with Crippen molar-refractivity contribution in [2.24, 2.45) is 17.8 Å². The third-order valence-corrected chi connectivity index (χ3v) is 7.04. The summed E-state index contributed by atoms with van der Waals surface area (Å²) in [6.45, 7) is 4.46. The molecule has 0 saturated carbocycles. The van der Waals surface area contributed by atoms with Crippen molar-refractivity contribution in [1.29, 1.82) is 0 Å². The number of nitrogens with two attached hydrogens (primary N) is 1. The monoisotopic (exact) mass is 404 g/mol. The molecule has 154 valence electrons. The molecular formula is C24H26N3O3+. The molecule has 2 saturated heterocycles. The van der Waals surface area contributed by atoms with Crippen molar-refractivity contribution >= 4 is 23.4 Å². The number of rotatable bonds is 4. The fraction of sp³-hybridized carbons (Fsp3) is 0.375. The predicted octanol–water partition coefficient (Wildman–Crippen LogP) is 1.28. The van der Waals surface area contributed by atoms with Gasteiger partial charge < -0.3 is 10.6 Å². The van der Waals surface area contributed by atoms with E-state index in [2.05, 4.69) is 19.2 Å². The van der Waals surface area contributed by atoms with E-state index >= 15 is 0 Å². The number of fused-ring (bicyclic) bond motifs is 4. The molecule has 0 unspecified atom stereocenters. The van der Waals surface area contributed by atoms with Gasteiger partial charge in [0.25, 0.3) is 5.91 Å². The molecule has 3 N–H and O–H groups in total. The van der Waals surface area contributed by atoms with Crippen LogP contribution in [-0.2, 0) is 26.3 Å². The molecule has 2 aromatic carbocycles. The second-order valence-corrected chi connectivity index (χ2v) is 8.92. The molecule has 3 aliphatic rings. The van der Waals surface area contributed by atoms with Crippen molar-refractivity contribution in [3.05, 3.63) is 65.7 Å². The van der Waals surface area contributed by atoms with Crippen LogP contribution in [0.2, 0.25) is 0 Å². The number of carbonyl (C=O) groups excluding carboxylic acids is 3. The Kier molecular flexibility index (Phi) is 4.29. The number of quaternary nitrogens is 1. The van der Waals surface area contributed by atoms with Crippen LogP contribution in [-0.4, -0.2) is 35.2 Å². The fourth-order valence-corrected chi connectivity index (χ4v) is 5.62. The first-order valence-electron chi connectivity index (χ1n) is 10.6. The van der Waals surface area contributed by atoms with Crippen molar-refractivity contribution in [1.82, 2.24) is 4.90 Å². The zero-order chi connectivity index (χ0) is 21.0. The molecule has 0 aromatic heterocycles. The molecule has 0 radical (unpaired) electrons. The van der Waals surface area contributed by atoms with E-state index in [9.17, 15) is 14.4 Å². The Bertz CT molecular complexity index is 1040. The highest BCUT2D eigenvalue weighted by Crippen LogP contribution is 2.49. The number of hydrogen-bond donors (Lipinski definition) is 2. The summed E-state index contributed by atoms with van der Waals surface area (Å²) in [5.41, 5.74) is 1.58. The molecule has 2 aromatic rings. The van der Waals surface area contributed by atoms with Crippen LogP contribution in [0.3, 0.4) is 0 Å². The number of nitrogens with one attached hydrogen (secondary N) is 1. The Balaban J connectivity index is 1.54. The lowest BCUT2D eigenvalue weighted by atomic mass is 9.76. The minimum atomic E-state index is -1.07. The van der Waals surface area contributed by atoms with E-state index in [4.69, 9.17) is 0 Å². The zero-order valence-corrected chi connectivity index (χ0v) is 17.2. The van der Waals surface area contributed by atoms with E-state index in [1.54, 1.807) is 0 Å². The predicted molar refractivity (Wildman–Crippen MR) is 111 cm³/mol. The highest BCUT2D eigenvalue weighted by atomic mass is 16.2. The van der Waals surface area contributed by atoms with Crippen LogP contribution in [0.4, 0.5) is 5.69 Å². The lowest BCUT2D eigenvalue weighted by Crippen LogP contribution is -2.99. The number of anilines is 1. The number of hydrogen-bond acceptors (Lipinski definition) is 3. The maximum absolute atomic E-state index is 13.6. The van der Waals surface area contributed by atoms with Gasteiger partial charge in [-0.05, 0) is 18.1 Å². The summed E-state index contributed by atoms with van der Waals surface area (Å²) in [7, 11) is 0. The first-order chi connectivity index (χ1) is 14.4. The van der Waals surface area contributed by atoms with Crippen molar-refractivity contribution in [3.63, 3.8) is 0 Å². The Morgan fingerprint density at radius 1 is 1.00 bits per heavy atom. The quantitative estimate of drug-likeness (QED) is 0.753. The van der Waals surface area contributed by atoms with Crippen LogP contribution in [0.25, 0.3) is 0 Å². The van der Waals surface area contributed by atoms with E-state index in [0.29, 0.717) is 13.0 Å². The second-order valence-electron chi connectivity index (χ2n) is 8.92. The summed E-state index contributed by atoms with van der Waals surface area (Å²) in [6, 6.07) is 17.3. The minimum absolute atomic E-state index is 0.120. The molecule has 2 fully saturated rings. The Labute approximate surface area is 175 Å². The lowest BCUT2D eigenvalue weighted by molar-refractivity contribution is -0.738. The number of para-hydroxylation sites is 1. The van der Waals surface area contributed by atoms with E-state index in [1.807, 2.05) is 59.9 Å². The van der Waals surface area contributed by atoms with Gasteiger partial charge in [-0.3, -0.25) is 19.3 Å². The van der Waals surface area contributed by atoms with Crippen molar-refractivity contribution in [3.8, 4) is 0 Å². The van der Waals surface area contributed by atoms with Gasteiger partial charge in [-0.2, -0.15) is 0 Å². The number of carbonyl (C=O) groups is 3. The second kappa shape index (κ2) is 6.77. The van der Waals surface area contributed by atoms with Crippen LogP contribution in [0, 0.1) is 17.8 Å². The van der Waals surface area contributed by atoms with Gasteiger partial charge in [0.05, 0.1) is 5.69 Å². The molecule has 6 nitrogen and oxygen atoms in total. The average molecular weight is 404 g/mol. The van der Waals surface area contributed by atoms with Crippen LogP contribution >= 0.6 is 0 Å². The number of likely N-dealkylation sites (tertiary alicyclic amines) is 1. The number of benzene rings is 2. The van der Waals surface area contributed by atoms with Gasteiger partial charge in [0.2, 0.25) is 17.4 Å². The molecular weight excluding hydrogens is 378 g/mol. The topological polar surface area (TPSA) is 83.1 Å². The number of imide groups is 1. The highest BCUT2D eigenvalue weighted by Gasteiger charge is 2.74. The van der Waals surface area contributed by atoms with Gasteiger partial charge in [-0.15, -0.1) is 0 Å².